The normalized spacial score (nSPS) is 22.6. The molecule has 0 aliphatic carbocycles. The van der Waals surface area contributed by atoms with E-state index in [0.29, 0.717) is 30.8 Å². The quantitative estimate of drug-likeness (QED) is 0.689. The molecule has 4 rings (SSSR count). The lowest BCUT2D eigenvalue weighted by Crippen LogP contribution is -2.58. The number of hydrogen-bond acceptors (Lipinski definition) is 6. The number of pyridine rings is 2. The third kappa shape index (κ3) is 4.21. The largest absolute Gasteiger partial charge is 0.348 e. The number of nitrogens with zero attached hydrogens (tertiary/aromatic N) is 3. The van der Waals surface area contributed by atoms with Gasteiger partial charge in [-0.2, -0.15) is 0 Å². The fraction of sp³-hybridized carbons (Fsp3) is 0.409. The highest BCUT2D eigenvalue weighted by Crippen LogP contribution is 2.31. The molecule has 1 fully saturated rings. The molecule has 0 bridgehead atoms. The van der Waals surface area contributed by atoms with Gasteiger partial charge in [0.25, 0.3) is 5.91 Å². The van der Waals surface area contributed by atoms with E-state index in [4.69, 9.17) is 0 Å². The van der Waals surface area contributed by atoms with E-state index in [2.05, 4.69) is 25.9 Å². The van der Waals surface area contributed by atoms with Gasteiger partial charge in [-0.05, 0) is 50.1 Å². The lowest BCUT2D eigenvalue weighted by Gasteiger charge is -2.39. The molecule has 0 radical (unpaired) electrons. The molecule has 2 aromatic rings. The van der Waals surface area contributed by atoms with Crippen LogP contribution in [0, 0.1) is 0 Å². The summed E-state index contributed by atoms with van der Waals surface area (Å²) in [5.41, 5.74) is 0.666. The molecule has 3 unspecified atom stereocenters. The smallest absolute Gasteiger partial charge is 0.256 e. The minimum atomic E-state index is -0.761. The van der Waals surface area contributed by atoms with Crippen LogP contribution in [0.5, 0.6) is 0 Å². The van der Waals surface area contributed by atoms with Gasteiger partial charge in [0.15, 0.2) is 0 Å². The first kappa shape index (κ1) is 20.8. The fourth-order valence-electron chi connectivity index (χ4n) is 4.13. The van der Waals surface area contributed by atoms with Crippen molar-refractivity contribution in [2.24, 2.45) is 0 Å². The Labute approximate surface area is 180 Å². The van der Waals surface area contributed by atoms with Crippen molar-refractivity contribution in [1.82, 2.24) is 25.5 Å². The van der Waals surface area contributed by atoms with Crippen LogP contribution in [0.25, 0.3) is 0 Å². The van der Waals surface area contributed by atoms with Crippen molar-refractivity contribution >= 4 is 23.5 Å². The topological polar surface area (TPSA) is 116 Å². The molecular weight excluding hydrogens is 396 g/mol. The summed E-state index contributed by atoms with van der Waals surface area (Å²) in [5, 5.41) is 9.30. The van der Waals surface area contributed by atoms with E-state index in [0.717, 1.165) is 5.56 Å². The van der Waals surface area contributed by atoms with Crippen LogP contribution in [0.1, 0.15) is 55.1 Å². The van der Waals surface area contributed by atoms with E-state index >= 15 is 0 Å². The predicted molar refractivity (Wildman–Crippen MR) is 114 cm³/mol. The average molecular weight is 422 g/mol. The van der Waals surface area contributed by atoms with Gasteiger partial charge in [0.1, 0.15) is 17.5 Å². The molecule has 1 spiro atoms. The summed E-state index contributed by atoms with van der Waals surface area (Å²) >= 11 is 0. The molecule has 0 saturated carbocycles. The minimum absolute atomic E-state index is 0.112. The Hall–Kier alpha value is -3.49. The molecule has 2 aromatic heterocycles. The van der Waals surface area contributed by atoms with Gasteiger partial charge in [-0.15, -0.1) is 0 Å². The molecule has 2 aliphatic heterocycles. The van der Waals surface area contributed by atoms with Gasteiger partial charge in [0.05, 0.1) is 11.6 Å². The van der Waals surface area contributed by atoms with E-state index < -0.39 is 11.7 Å². The molecular formula is C22H26N6O3. The molecule has 2 aliphatic rings. The maximum atomic E-state index is 12.9. The molecule has 9 heteroatoms. The summed E-state index contributed by atoms with van der Waals surface area (Å²) < 4.78 is 0. The van der Waals surface area contributed by atoms with Crippen molar-refractivity contribution in [2.45, 2.75) is 50.9 Å². The van der Waals surface area contributed by atoms with E-state index in [-0.39, 0.29) is 30.2 Å². The SMILES string of the molecule is CC(NC(=O)C(C)N1CCC2(CCC1=O)NC(=O)c1cccnc1N2)c1ccncc1. The third-order valence-electron chi connectivity index (χ3n) is 6.04. The summed E-state index contributed by atoms with van der Waals surface area (Å²) in [7, 11) is 0. The van der Waals surface area contributed by atoms with Crippen LogP contribution < -0.4 is 16.0 Å². The molecule has 1 saturated heterocycles. The molecule has 3 N–H and O–H groups in total. The first-order valence-corrected chi connectivity index (χ1v) is 10.4. The number of aromatic nitrogens is 2. The molecule has 3 atom stereocenters. The average Bonchev–Trinajstić information content (AvgIpc) is 2.93. The second-order valence-corrected chi connectivity index (χ2v) is 8.08. The molecule has 162 valence electrons. The van der Waals surface area contributed by atoms with Crippen molar-refractivity contribution in [3.05, 3.63) is 54.0 Å². The van der Waals surface area contributed by atoms with E-state index in [9.17, 15) is 14.4 Å². The predicted octanol–water partition coefficient (Wildman–Crippen LogP) is 1.61. The highest BCUT2D eigenvalue weighted by Gasteiger charge is 2.42. The summed E-state index contributed by atoms with van der Waals surface area (Å²) in [4.78, 5) is 48.1. The van der Waals surface area contributed by atoms with Gasteiger partial charge in [0, 0.05) is 38.0 Å². The summed E-state index contributed by atoms with van der Waals surface area (Å²) in [5.74, 6) is -0.0240. The fourth-order valence-corrected chi connectivity index (χ4v) is 4.13. The van der Waals surface area contributed by atoms with E-state index in [1.807, 2.05) is 19.1 Å². The number of fused-ring (bicyclic) bond motifs is 1. The van der Waals surface area contributed by atoms with Crippen LogP contribution in [-0.2, 0) is 9.59 Å². The van der Waals surface area contributed by atoms with Crippen LogP contribution in [0.4, 0.5) is 5.82 Å². The highest BCUT2D eigenvalue weighted by molar-refractivity contribution is 6.01. The Morgan fingerprint density at radius 2 is 1.90 bits per heavy atom. The van der Waals surface area contributed by atoms with Crippen molar-refractivity contribution in [3.63, 3.8) is 0 Å². The first-order chi connectivity index (χ1) is 14.9. The number of anilines is 1. The van der Waals surface area contributed by atoms with Crippen LogP contribution in [-0.4, -0.2) is 50.8 Å². The van der Waals surface area contributed by atoms with Crippen molar-refractivity contribution in [3.8, 4) is 0 Å². The maximum absolute atomic E-state index is 12.9. The Kier molecular flexibility index (Phi) is 5.58. The number of likely N-dealkylation sites (tertiary alicyclic amines) is 1. The summed E-state index contributed by atoms with van der Waals surface area (Å²) in [6, 6.07) is 6.29. The van der Waals surface area contributed by atoms with Crippen LogP contribution in [0.2, 0.25) is 0 Å². The van der Waals surface area contributed by atoms with Crippen molar-refractivity contribution in [2.75, 3.05) is 11.9 Å². The Morgan fingerprint density at radius 1 is 1.13 bits per heavy atom. The van der Waals surface area contributed by atoms with Gasteiger partial charge in [0.2, 0.25) is 11.8 Å². The number of rotatable bonds is 4. The molecule has 3 amide bonds. The van der Waals surface area contributed by atoms with Gasteiger partial charge >= 0.3 is 0 Å². The van der Waals surface area contributed by atoms with E-state index in [1.54, 1.807) is 42.5 Å². The Bertz CT molecular complexity index is 998. The zero-order chi connectivity index (χ0) is 22.0. The van der Waals surface area contributed by atoms with E-state index in [1.165, 1.54) is 0 Å². The van der Waals surface area contributed by atoms with Crippen LogP contribution in [0.15, 0.2) is 42.9 Å². The molecule has 9 nitrogen and oxygen atoms in total. The van der Waals surface area contributed by atoms with Gasteiger partial charge in [-0.3, -0.25) is 19.4 Å². The number of hydrogen-bond donors (Lipinski definition) is 3. The van der Waals surface area contributed by atoms with Gasteiger partial charge < -0.3 is 20.9 Å². The van der Waals surface area contributed by atoms with Gasteiger partial charge in [-0.1, -0.05) is 0 Å². The maximum Gasteiger partial charge on any atom is 0.256 e. The summed E-state index contributed by atoms with van der Waals surface area (Å²) in [6.45, 7) is 3.96. The van der Waals surface area contributed by atoms with Crippen molar-refractivity contribution in [1.29, 1.82) is 0 Å². The van der Waals surface area contributed by atoms with Crippen LogP contribution in [0.3, 0.4) is 0 Å². The lowest BCUT2D eigenvalue weighted by atomic mass is 9.97. The zero-order valence-corrected chi connectivity index (χ0v) is 17.6. The zero-order valence-electron chi connectivity index (χ0n) is 17.6. The molecule has 4 heterocycles. The van der Waals surface area contributed by atoms with Crippen LogP contribution >= 0.6 is 0 Å². The standard InChI is InChI=1S/C22H26N6O3/c1-14(16-6-11-23-12-7-16)25-20(30)15(2)28-13-9-22(8-5-18(28)29)26-19-17(21(31)27-22)4-3-10-24-19/h3-4,6-7,10-12,14-15H,5,8-9,13H2,1-2H3,(H,24,26)(H,25,30)(H,27,31). The molecule has 0 aromatic carbocycles. The second kappa shape index (κ2) is 8.33. The van der Waals surface area contributed by atoms with Gasteiger partial charge in [-0.25, -0.2) is 4.98 Å². The highest BCUT2D eigenvalue weighted by atomic mass is 16.2. The summed E-state index contributed by atoms with van der Waals surface area (Å²) in [6.07, 6.45) is 6.09. The lowest BCUT2D eigenvalue weighted by molar-refractivity contribution is -0.139. The monoisotopic (exact) mass is 422 g/mol. The Morgan fingerprint density at radius 3 is 2.68 bits per heavy atom. The number of carbonyl (C=O) groups excluding carboxylic acids is 3. The Balaban J connectivity index is 1.44. The minimum Gasteiger partial charge on any atom is -0.348 e. The number of carbonyl (C=O) groups is 3. The first-order valence-electron chi connectivity index (χ1n) is 10.4. The molecule has 31 heavy (non-hydrogen) atoms. The second-order valence-electron chi connectivity index (χ2n) is 8.08. The third-order valence-corrected chi connectivity index (χ3v) is 6.04. The number of nitrogens with one attached hydrogen (secondary N) is 3. The van der Waals surface area contributed by atoms with Crippen molar-refractivity contribution < 1.29 is 14.4 Å². The number of amides is 3.